The summed E-state index contributed by atoms with van der Waals surface area (Å²) in [5, 5.41) is 23.1. The number of carbonyl (C=O) groups excluding carboxylic acids is 2. The van der Waals surface area contributed by atoms with E-state index in [4.69, 9.17) is 5.73 Å². The molecule has 41 heavy (non-hydrogen) atoms. The summed E-state index contributed by atoms with van der Waals surface area (Å²) < 4.78 is 0. The highest BCUT2D eigenvalue weighted by Gasteiger charge is 2.43. The van der Waals surface area contributed by atoms with Gasteiger partial charge in [-0.25, -0.2) is 0 Å². The van der Waals surface area contributed by atoms with E-state index in [1.807, 2.05) is 31.3 Å². The molecule has 4 rings (SSSR count). The van der Waals surface area contributed by atoms with Crippen molar-refractivity contribution in [2.24, 2.45) is 10.8 Å². The summed E-state index contributed by atoms with van der Waals surface area (Å²) in [5.41, 5.74) is 15.4. The zero-order chi connectivity index (χ0) is 29.6. The third-order valence-electron chi connectivity index (χ3n) is 8.28. The van der Waals surface area contributed by atoms with Crippen LogP contribution in [0.2, 0.25) is 0 Å². The number of fused-ring (bicyclic) bond motifs is 2. The van der Waals surface area contributed by atoms with Crippen molar-refractivity contribution in [1.29, 1.82) is 5.26 Å². The maximum absolute atomic E-state index is 12.9. The minimum Gasteiger partial charge on any atom is -0.388 e. The number of nitriles is 1. The predicted octanol–water partition coefficient (Wildman–Crippen LogP) is 1.61. The Balaban J connectivity index is 1.77. The van der Waals surface area contributed by atoms with Crippen molar-refractivity contribution in [3.05, 3.63) is 76.4 Å². The monoisotopic (exact) mass is 556 g/mol. The zero-order valence-corrected chi connectivity index (χ0v) is 24.1. The fraction of sp³-hybridized carbons (Fsp3) is 0.419. The molecule has 2 aromatic rings. The molecule has 1 aliphatic carbocycles. The maximum atomic E-state index is 12.9. The minimum absolute atomic E-state index is 0.0768. The van der Waals surface area contributed by atoms with Crippen LogP contribution in [0.1, 0.15) is 57.4 Å². The topological polar surface area (TPSA) is 148 Å². The molecule has 1 heterocycles. The van der Waals surface area contributed by atoms with Gasteiger partial charge >= 0.3 is 0 Å². The number of amidine groups is 1. The van der Waals surface area contributed by atoms with E-state index in [0.29, 0.717) is 37.3 Å². The first-order chi connectivity index (χ1) is 19.8. The van der Waals surface area contributed by atoms with Crippen LogP contribution in [0.3, 0.4) is 0 Å². The van der Waals surface area contributed by atoms with E-state index in [-0.39, 0.29) is 24.4 Å². The highest BCUT2D eigenvalue weighted by molar-refractivity contribution is 5.98. The molecule has 2 atom stereocenters. The van der Waals surface area contributed by atoms with Crippen LogP contribution in [0.5, 0.6) is 0 Å². The van der Waals surface area contributed by atoms with Gasteiger partial charge in [0.25, 0.3) is 5.91 Å². The molecule has 1 saturated heterocycles. The van der Waals surface area contributed by atoms with Gasteiger partial charge < -0.3 is 32.0 Å². The first kappa shape index (κ1) is 29.6. The summed E-state index contributed by atoms with van der Waals surface area (Å²) in [6.45, 7) is 5.35. The molecule has 2 aromatic carbocycles. The molecule has 2 unspecified atom stereocenters. The number of hydrogen-bond donors (Lipinski definition) is 5. The molecule has 1 fully saturated rings. The number of amides is 2. The van der Waals surface area contributed by atoms with Crippen molar-refractivity contribution < 1.29 is 9.59 Å². The number of benzene rings is 2. The van der Waals surface area contributed by atoms with Gasteiger partial charge in [-0.15, -0.1) is 0 Å². The van der Waals surface area contributed by atoms with Gasteiger partial charge in [0.05, 0.1) is 18.0 Å². The fourth-order valence-electron chi connectivity index (χ4n) is 6.13. The number of carbonyl (C=O) groups is 2. The summed E-state index contributed by atoms with van der Waals surface area (Å²) in [6, 6.07) is 13.9. The van der Waals surface area contributed by atoms with Crippen molar-refractivity contribution in [1.82, 2.24) is 26.3 Å². The molecule has 0 bridgehead atoms. The molecule has 0 saturated carbocycles. The number of likely N-dealkylation sites (tertiary alicyclic amines) is 1. The molecular formula is C31H40N8O2. The van der Waals surface area contributed by atoms with Gasteiger partial charge in [0.15, 0.2) is 0 Å². The second-order valence-corrected chi connectivity index (χ2v) is 10.5. The van der Waals surface area contributed by atoms with Crippen molar-refractivity contribution in [2.75, 3.05) is 40.8 Å². The average Bonchev–Trinajstić information content (AvgIpc) is 3.43. The minimum atomic E-state index is -0.830. The predicted molar refractivity (Wildman–Crippen MR) is 161 cm³/mol. The number of nitrogens with one attached hydrogen (secondary N) is 4. The normalized spacial score (nSPS) is 19.8. The third-order valence-corrected chi connectivity index (χ3v) is 8.28. The molecule has 2 amide bonds. The van der Waals surface area contributed by atoms with Gasteiger partial charge in [0, 0.05) is 38.9 Å². The van der Waals surface area contributed by atoms with E-state index < -0.39 is 5.41 Å². The Bertz CT molecular complexity index is 1330. The van der Waals surface area contributed by atoms with Gasteiger partial charge in [-0.3, -0.25) is 9.59 Å². The molecule has 0 aromatic heterocycles. The standard InChI is InChI=1S/C31H40N8O2/c1-20(34-2)21-9-11-26-22(16-21)7-8-23-17-24(29(41)35-3)10-12-27(23)31(26,30(33)38-36-4)13-14-37-19-28(40)39-15-5-6-25(39)18-32/h9-12,16-17,25,34,36-37H,1,5-8,13-15,19H2,2-4H3,(H2,33,38)(H,35,41). The van der Waals surface area contributed by atoms with E-state index in [1.54, 1.807) is 19.0 Å². The van der Waals surface area contributed by atoms with Crippen LogP contribution in [0.25, 0.3) is 5.70 Å². The highest BCUT2D eigenvalue weighted by atomic mass is 16.2. The molecule has 216 valence electrons. The Kier molecular flexibility index (Phi) is 9.30. The second-order valence-electron chi connectivity index (χ2n) is 10.5. The number of hydrogen-bond acceptors (Lipinski definition) is 7. The van der Waals surface area contributed by atoms with Crippen LogP contribution >= 0.6 is 0 Å². The summed E-state index contributed by atoms with van der Waals surface area (Å²) in [5.74, 6) is 0.170. The molecule has 10 heteroatoms. The van der Waals surface area contributed by atoms with E-state index in [0.717, 1.165) is 52.8 Å². The molecule has 1 aliphatic heterocycles. The van der Waals surface area contributed by atoms with Gasteiger partial charge in [-0.1, -0.05) is 24.8 Å². The van der Waals surface area contributed by atoms with Crippen molar-refractivity contribution in [3.8, 4) is 6.07 Å². The van der Waals surface area contributed by atoms with Crippen molar-refractivity contribution >= 4 is 23.3 Å². The number of hydrazone groups is 1. The highest BCUT2D eigenvalue weighted by Crippen LogP contribution is 2.43. The summed E-state index contributed by atoms with van der Waals surface area (Å²) in [6.07, 6.45) is 3.54. The molecule has 0 spiro atoms. The maximum Gasteiger partial charge on any atom is 0.251 e. The van der Waals surface area contributed by atoms with Gasteiger partial charge in [0.2, 0.25) is 5.91 Å². The Morgan fingerprint density at radius 3 is 2.37 bits per heavy atom. The van der Waals surface area contributed by atoms with Gasteiger partial charge in [0.1, 0.15) is 11.9 Å². The first-order valence-corrected chi connectivity index (χ1v) is 14.1. The summed E-state index contributed by atoms with van der Waals surface area (Å²) in [7, 11) is 5.18. The number of nitrogens with zero attached hydrogens (tertiary/aromatic N) is 3. The van der Waals surface area contributed by atoms with E-state index in [2.05, 4.69) is 51.3 Å². The number of nitrogens with two attached hydrogens (primary N) is 1. The Labute approximate surface area is 242 Å². The van der Waals surface area contributed by atoms with Crippen LogP contribution in [-0.4, -0.2) is 69.4 Å². The lowest BCUT2D eigenvalue weighted by atomic mass is 9.68. The first-order valence-electron chi connectivity index (χ1n) is 14.1. The summed E-state index contributed by atoms with van der Waals surface area (Å²) >= 11 is 0. The van der Waals surface area contributed by atoms with Crippen molar-refractivity contribution in [3.63, 3.8) is 0 Å². The lowest BCUT2D eigenvalue weighted by molar-refractivity contribution is -0.130. The second kappa shape index (κ2) is 12.9. The molecule has 6 N–H and O–H groups in total. The van der Waals surface area contributed by atoms with E-state index in [9.17, 15) is 14.9 Å². The summed E-state index contributed by atoms with van der Waals surface area (Å²) in [4.78, 5) is 27.1. The lowest BCUT2D eigenvalue weighted by Crippen LogP contribution is -2.47. The van der Waals surface area contributed by atoms with Crippen LogP contribution < -0.4 is 27.1 Å². The molecule has 0 radical (unpaired) electrons. The quantitative estimate of drug-likeness (QED) is 0.129. The van der Waals surface area contributed by atoms with Crippen LogP contribution in [0.15, 0.2) is 48.1 Å². The fourth-order valence-corrected chi connectivity index (χ4v) is 6.13. The molecule has 2 aliphatic rings. The molecule has 10 nitrogen and oxygen atoms in total. The Morgan fingerprint density at radius 1 is 1.10 bits per heavy atom. The van der Waals surface area contributed by atoms with Gasteiger partial charge in [-0.05, 0) is 84.7 Å². The Morgan fingerprint density at radius 2 is 1.76 bits per heavy atom. The van der Waals surface area contributed by atoms with Gasteiger partial charge in [-0.2, -0.15) is 10.4 Å². The van der Waals surface area contributed by atoms with Crippen LogP contribution in [0.4, 0.5) is 0 Å². The Hall–Kier alpha value is -4.36. The smallest absolute Gasteiger partial charge is 0.251 e. The van der Waals surface area contributed by atoms with Crippen molar-refractivity contribution in [2.45, 2.75) is 43.6 Å². The zero-order valence-electron chi connectivity index (χ0n) is 24.1. The van der Waals surface area contributed by atoms with Crippen LogP contribution in [-0.2, 0) is 23.1 Å². The SMILES string of the molecule is C=C(NC)c1ccc2c(c1)CCc1cc(C(=O)NC)ccc1C2(CCNCC(=O)N1CCCC1C#N)/C(N)=N/NC. The number of aryl methyl sites for hydroxylation is 2. The average molecular weight is 557 g/mol. The van der Waals surface area contributed by atoms with Crippen LogP contribution in [0, 0.1) is 11.3 Å². The number of rotatable bonds is 10. The lowest BCUT2D eigenvalue weighted by Gasteiger charge is -2.36. The third kappa shape index (κ3) is 5.77. The largest absolute Gasteiger partial charge is 0.388 e. The molecular weight excluding hydrogens is 516 g/mol. The van der Waals surface area contributed by atoms with E-state index in [1.165, 1.54) is 0 Å². The van der Waals surface area contributed by atoms with E-state index >= 15 is 0 Å².